The summed E-state index contributed by atoms with van der Waals surface area (Å²) < 4.78 is 0. The predicted octanol–water partition coefficient (Wildman–Crippen LogP) is 2.02. The minimum Gasteiger partial charge on any atom is -0.481 e. The average Bonchev–Trinajstić information content (AvgIpc) is 3.02. The van der Waals surface area contributed by atoms with E-state index in [0.29, 0.717) is 23.3 Å². The van der Waals surface area contributed by atoms with Gasteiger partial charge in [0.1, 0.15) is 0 Å². The van der Waals surface area contributed by atoms with E-state index >= 15 is 0 Å². The number of rotatable bonds is 4. The van der Waals surface area contributed by atoms with Gasteiger partial charge in [-0.3, -0.25) is 9.78 Å². The zero-order chi connectivity index (χ0) is 14.8. The molecule has 0 aliphatic heterocycles. The van der Waals surface area contributed by atoms with Gasteiger partial charge in [-0.15, -0.1) is 0 Å². The summed E-state index contributed by atoms with van der Waals surface area (Å²) in [5.74, 6) is 0.506. The second-order valence-corrected chi connectivity index (χ2v) is 5.99. The lowest BCUT2D eigenvalue weighted by atomic mass is 9.95. The lowest BCUT2D eigenvalue weighted by Gasteiger charge is -2.22. The zero-order valence-corrected chi connectivity index (χ0v) is 11.7. The van der Waals surface area contributed by atoms with E-state index in [-0.39, 0.29) is 12.5 Å². The first-order chi connectivity index (χ1) is 10.1. The van der Waals surface area contributed by atoms with Crippen molar-refractivity contribution in [3.8, 4) is 0 Å². The van der Waals surface area contributed by atoms with Crippen molar-refractivity contribution >= 4 is 17.7 Å². The minimum atomic E-state index is -0.919. The maximum atomic E-state index is 12.0. The van der Waals surface area contributed by atoms with Gasteiger partial charge in [0.2, 0.25) is 0 Å². The van der Waals surface area contributed by atoms with Crippen LogP contribution < -0.4 is 10.6 Å². The Morgan fingerprint density at radius 1 is 1.29 bits per heavy atom. The van der Waals surface area contributed by atoms with Crippen molar-refractivity contribution in [3.63, 3.8) is 0 Å². The Hall–Kier alpha value is -2.11. The number of carboxylic acids is 1. The van der Waals surface area contributed by atoms with Gasteiger partial charge in [-0.25, -0.2) is 4.79 Å². The molecule has 3 unspecified atom stereocenters. The van der Waals surface area contributed by atoms with Crippen molar-refractivity contribution in [2.75, 3.05) is 5.32 Å². The summed E-state index contributed by atoms with van der Waals surface area (Å²) in [6.45, 7) is 0. The first-order valence-electron chi connectivity index (χ1n) is 7.34. The number of fused-ring (bicyclic) bond motifs is 2. The second kappa shape index (κ2) is 5.71. The Morgan fingerprint density at radius 2 is 2.14 bits per heavy atom. The van der Waals surface area contributed by atoms with Crippen molar-refractivity contribution in [1.82, 2.24) is 10.3 Å². The van der Waals surface area contributed by atoms with Crippen molar-refractivity contribution in [2.24, 2.45) is 11.8 Å². The maximum absolute atomic E-state index is 12.0. The summed E-state index contributed by atoms with van der Waals surface area (Å²) in [5, 5.41) is 14.5. The van der Waals surface area contributed by atoms with Crippen LogP contribution in [0.15, 0.2) is 18.3 Å². The molecular weight excluding hydrogens is 270 g/mol. The Labute approximate surface area is 123 Å². The number of hydrogen-bond donors (Lipinski definition) is 3. The molecule has 21 heavy (non-hydrogen) atoms. The smallest absolute Gasteiger partial charge is 0.319 e. The molecule has 2 amide bonds. The number of nitrogens with one attached hydrogen (secondary N) is 2. The van der Waals surface area contributed by atoms with E-state index in [1.54, 1.807) is 12.1 Å². The average molecular weight is 289 g/mol. The third-order valence-corrected chi connectivity index (χ3v) is 4.47. The molecule has 6 heteroatoms. The highest BCUT2D eigenvalue weighted by molar-refractivity contribution is 5.89. The monoisotopic (exact) mass is 289 g/mol. The number of nitrogens with zero attached hydrogens (tertiary/aromatic N) is 1. The number of urea groups is 1. The van der Waals surface area contributed by atoms with E-state index < -0.39 is 5.97 Å². The van der Waals surface area contributed by atoms with Crippen LogP contribution in [0.5, 0.6) is 0 Å². The van der Waals surface area contributed by atoms with E-state index in [4.69, 9.17) is 5.11 Å². The Balaban J connectivity index is 1.51. The molecule has 3 rings (SSSR count). The van der Waals surface area contributed by atoms with Crippen molar-refractivity contribution in [2.45, 2.75) is 38.1 Å². The lowest BCUT2D eigenvalue weighted by Crippen LogP contribution is -2.41. The van der Waals surface area contributed by atoms with E-state index in [1.807, 2.05) is 0 Å². The molecule has 3 N–H and O–H groups in total. The van der Waals surface area contributed by atoms with Gasteiger partial charge in [-0.1, -0.05) is 6.42 Å². The molecule has 2 bridgehead atoms. The molecule has 0 saturated heterocycles. The molecule has 2 aliphatic rings. The maximum Gasteiger partial charge on any atom is 0.319 e. The van der Waals surface area contributed by atoms with E-state index in [9.17, 15) is 9.59 Å². The highest BCUT2D eigenvalue weighted by Crippen LogP contribution is 2.44. The van der Waals surface area contributed by atoms with Gasteiger partial charge >= 0.3 is 12.0 Å². The van der Waals surface area contributed by atoms with Crippen LogP contribution in [-0.4, -0.2) is 28.1 Å². The molecule has 1 aromatic heterocycles. The highest BCUT2D eigenvalue weighted by atomic mass is 16.4. The number of pyridine rings is 1. The lowest BCUT2D eigenvalue weighted by molar-refractivity contribution is -0.136. The van der Waals surface area contributed by atoms with Gasteiger partial charge in [-0.2, -0.15) is 0 Å². The molecule has 112 valence electrons. The van der Waals surface area contributed by atoms with Crippen LogP contribution in [0, 0.1) is 11.8 Å². The Kier molecular flexibility index (Phi) is 3.77. The first-order valence-corrected chi connectivity index (χ1v) is 7.34. The van der Waals surface area contributed by atoms with Gasteiger partial charge in [0.15, 0.2) is 0 Å². The summed E-state index contributed by atoms with van der Waals surface area (Å²) in [6, 6.07) is 3.37. The largest absolute Gasteiger partial charge is 0.481 e. The molecule has 2 saturated carbocycles. The summed E-state index contributed by atoms with van der Waals surface area (Å²) >= 11 is 0. The van der Waals surface area contributed by atoms with Gasteiger partial charge < -0.3 is 15.7 Å². The van der Waals surface area contributed by atoms with Crippen LogP contribution in [-0.2, 0) is 11.2 Å². The molecule has 0 spiro atoms. The predicted molar refractivity (Wildman–Crippen MR) is 77.0 cm³/mol. The Morgan fingerprint density at radius 3 is 2.71 bits per heavy atom. The van der Waals surface area contributed by atoms with Crippen LogP contribution in [0.25, 0.3) is 0 Å². The standard InChI is InChI=1S/C15H19N3O3/c19-14(20)7-11-3-4-12(8-16-11)17-15(21)18-13-6-9-1-2-10(13)5-9/h3-4,8-10,13H,1-2,5-7H2,(H,19,20)(H2,17,18,21). The molecule has 2 fully saturated rings. The molecule has 0 radical (unpaired) electrons. The van der Waals surface area contributed by atoms with E-state index in [0.717, 1.165) is 12.3 Å². The highest BCUT2D eigenvalue weighted by Gasteiger charge is 2.40. The van der Waals surface area contributed by atoms with Crippen LogP contribution in [0.3, 0.4) is 0 Å². The fourth-order valence-corrected chi connectivity index (χ4v) is 3.52. The molecule has 2 aliphatic carbocycles. The van der Waals surface area contributed by atoms with Crippen molar-refractivity contribution in [1.29, 1.82) is 0 Å². The summed E-state index contributed by atoms with van der Waals surface area (Å²) in [6.07, 6.45) is 6.24. The van der Waals surface area contributed by atoms with Crippen LogP contribution in [0.2, 0.25) is 0 Å². The third-order valence-electron chi connectivity index (χ3n) is 4.47. The number of carbonyl (C=O) groups is 2. The van der Waals surface area contributed by atoms with Crippen LogP contribution in [0.4, 0.5) is 10.5 Å². The second-order valence-electron chi connectivity index (χ2n) is 5.99. The zero-order valence-electron chi connectivity index (χ0n) is 11.7. The normalized spacial score (nSPS) is 26.6. The van der Waals surface area contributed by atoms with Crippen molar-refractivity contribution < 1.29 is 14.7 Å². The number of carbonyl (C=O) groups excluding carboxylic acids is 1. The topological polar surface area (TPSA) is 91.3 Å². The van der Waals surface area contributed by atoms with Gasteiger partial charge in [-0.05, 0) is 43.2 Å². The fraction of sp³-hybridized carbons (Fsp3) is 0.533. The quantitative estimate of drug-likeness (QED) is 0.790. The third kappa shape index (κ3) is 3.32. The van der Waals surface area contributed by atoms with Crippen LogP contribution in [0.1, 0.15) is 31.4 Å². The molecule has 0 aromatic carbocycles. The van der Waals surface area contributed by atoms with E-state index in [2.05, 4.69) is 15.6 Å². The molecule has 1 heterocycles. The molecule has 1 aromatic rings. The summed E-state index contributed by atoms with van der Waals surface area (Å²) in [4.78, 5) is 26.5. The Bertz CT molecular complexity index is 544. The molecule has 6 nitrogen and oxygen atoms in total. The number of amides is 2. The fourth-order valence-electron chi connectivity index (χ4n) is 3.52. The number of anilines is 1. The molecule has 3 atom stereocenters. The van der Waals surface area contributed by atoms with Crippen molar-refractivity contribution in [3.05, 3.63) is 24.0 Å². The van der Waals surface area contributed by atoms with Gasteiger partial charge in [0, 0.05) is 6.04 Å². The number of carboxylic acid groups (broad SMARTS) is 1. The number of aromatic nitrogens is 1. The number of aliphatic carboxylic acids is 1. The van der Waals surface area contributed by atoms with Gasteiger partial charge in [0.25, 0.3) is 0 Å². The van der Waals surface area contributed by atoms with Crippen LogP contribution >= 0.6 is 0 Å². The first kappa shape index (κ1) is 13.9. The minimum absolute atomic E-state index is 0.113. The summed E-state index contributed by atoms with van der Waals surface area (Å²) in [5.41, 5.74) is 1.05. The van der Waals surface area contributed by atoms with Gasteiger partial charge in [0.05, 0.1) is 24.0 Å². The molecular formula is C15H19N3O3. The SMILES string of the molecule is O=C(O)Cc1ccc(NC(=O)NC2CC3CCC2C3)cn1. The van der Waals surface area contributed by atoms with E-state index in [1.165, 1.54) is 25.5 Å². The summed E-state index contributed by atoms with van der Waals surface area (Å²) in [7, 11) is 0. The number of hydrogen-bond acceptors (Lipinski definition) is 3.